The van der Waals surface area contributed by atoms with Crippen LogP contribution >= 0.6 is 11.8 Å². The lowest BCUT2D eigenvalue weighted by Crippen LogP contribution is -2.40. The fraction of sp³-hybridized carbons (Fsp3) is 0.533. The topological polar surface area (TPSA) is 55.1 Å². The molecule has 19 heavy (non-hydrogen) atoms. The molecule has 0 fully saturated rings. The van der Waals surface area contributed by atoms with Crippen LogP contribution in [0, 0.1) is 0 Å². The van der Waals surface area contributed by atoms with Gasteiger partial charge >= 0.3 is 0 Å². The number of amides is 1. The van der Waals surface area contributed by atoms with E-state index in [0.717, 1.165) is 17.7 Å². The van der Waals surface area contributed by atoms with Crippen LogP contribution in [0.5, 0.6) is 0 Å². The molecule has 1 amide bonds. The number of benzene rings is 1. The minimum atomic E-state index is -0.401. The summed E-state index contributed by atoms with van der Waals surface area (Å²) in [7, 11) is 0. The molecule has 0 aromatic heterocycles. The molecule has 0 saturated carbocycles. The molecule has 1 aromatic rings. The van der Waals surface area contributed by atoms with Gasteiger partial charge in [0.1, 0.15) is 0 Å². The Bertz CT molecular complexity index is 390. The summed E-state index contributed by atoms with van der Waals surface area (Å²) < 4.78 is 0. The van der Waals surface area contributed by atoms with Crippen molar-refractivity contribution in [2.45, 2.75) is 38.8 Å². The van der Waals surface area contributed by atoms with Crippen LogP contribution in [0.2, 0.25) is 0 Å². The Morgan fingerprint density at radius 2 is 1.95 bits per heavy atom. The number of hydrogen-bond donors (Lipinski definition) is 2. The van der Waals surface area contributed by atoms with Crippen molar-refractivity contribution >= 4 is 17.7 Å². The van der Waals surface area contributed by atoms with E-state index >= 15 is 0 Å². The van der Waals surface area contributed by atoms with Crippen LogP contribution in [0.3, 0.4) is 0 Å². The third-order valence-corrected chi connectivity index (χ3v) is 3.73. The maximum absolute atomic E-state index is 11.8. The summed E-state index contributed by atoms with van der Waals surface area (Å²) in [6.07, 6.45) is 2.74. The molecule has 0 saturated heterocycles. The summed E-state index contributed by atoms with van der Waals surface area (Å²) >= 11 is 1.71. The molecule has 1 aromatic carbocycles. The highest BCUT2D eigenvalue weighted by molar-refractivity contribution is 7.98. The fourth-order valence-electron chi connectivity index (χ4n) is 1.72. The zero-order chi connectivity index (χ0) is 14.3. The SMILES string of the molecule is CSCC[C@@H](N)C(=O)NCc1ccc(C(C)C)cc1. The van der Waals surface area contributed by atoms with E-state index in [0.29, 0.717) is 12.5 Å². The third-order valence-electron chi connectivity index (χ3n) is 3.08. The highest BCUT2D eigenvalue weighted by Crippen LogP contribution is 2.14. The molecule has 0 aliphatic heterocycles. The van der Waals surface area contributed by atoms with Crippen molar-refractivity contribution in [2.24, 2.45) is 5.73 Å². The molecule has 0 bridgehead atoms. The smallest absolute Gasteiger partial charge is 0.237 e. The summed E-state index contributed by atoms with van der Waals surface area (Å²) in [6.45, 7) is 4.88. The van der Waals surface area contributed by atoms with Gasteiger partial charge in [-0.3, -0.25) is 4.79 Å². The fourth-order valence-corrected chi connectivity index (χ4v) is 2.21. The molecule has 0 spiro atoms. The van der Waals surface area contributed by atoms with Gasteiger partial charge in [-0.15, -0.1) is 0 Å². The standard InChI is InChI=1S/C15H24N2OS/c1-11(2)13-6-4-12(5-7-13)10-17-15(18)14(16)8-9-19-3/h4-7,11,14H,8-10,16H2,1-3H3,(H,17,18)/t14-/m1/s1. The maximum Gasteiger partial charge on any atom is 0.237 e. The Labute approximate surface area is 120 Å². The van der Waals surface area contributed by atoms with E-state index in [1.165, 1.54) is 5.56 Å². The minimum absolute atomic E-state index is 0.0676. The lowest BCUT2D eigenvalue weighted by Gasteiger charge is -2.12. The van der Waals surface area contributed by atoms with Gasteiger partial charge in [0.2, 0.25) is 5.91 Å². The lowest BCUT2D eigenvalue weighted by atomic mass is 10.0. The summed E-state index contributed by atoms with van der Waals surface area (Å²) in [5, 5.41) is 2.88. The van der Waals surface area contributed by atoms with Crippen molar-refractivity contribution in [3.05, 3.63) is 35.4 Å². The number of rotatable bonds is 7. The van der Waals surface area contributed by atoms with Crippen molar-refractivity contribution in [3.8, 4) is 0 Å². The molecule has 0 unspecified atom stereocenters. The van der Waals surface area contributed by atoms with Gasteiger partial charge in [-0.05, 0) is 35.5 Å². The number of nitrogens with two attached hydrogens (primary N) is 1. The third kappa shape index (κ3) is 5.66. The molecule has 0 radical (unpaired) electrons. The van der Waals surface area contributed by atoms with Crippen molar-refractivity contribution in [1.29, 1.82) is 0 Å². The summed E-state index contributed by atoms with van der Waals surface area (Å²) in [5.41, 5.74) is 8.22. The molecule has 3 nitrogen and oxygen atoms in total. The zero-order valence-corrected chi connectivity index (χ0v) is 12.8. The molecular weight excluding hydrogens is 256 g/mol. The largest absolute Gasteiger partial charge is 0.351 e. The molecule has 0 aliphatic carbocycles. The van der Waals surface area contributed by atoms with Gasteiger partial charge in [0, 0.05) is 6.54 Å². The van der Waals surface area contributed by atoms with Crippen LogP contribution in [-0.4, -0.2) is 24.0 Å². The monoisotopic (exact) mass is 280 g/mol. The minimum Gasteiger partial charge on any atom is -0.351 e. The highest BCUT2D eigenvalue weighted by atomic mass is 32.2. The molecule has 1 atom stereocenters. The average molecular weight is 280 g/mol. The number of nitrogens with one attached hydrogen (secondary N) is 1. The molecule has 4 heteroatoms. The highest BCUT2D eigenvalue weighted by Gasteiger charge is 2.12. The zero-order valence-electron chi connectivity index (χ0n) is 12.0. The number of carbonyl (C=O) groups is 1. The van der Waals surface area contributed by atoms with E-state index < -0.39 is 6.04 Å². The van der Waals surface area contributed by atoms with Gasteiger partial charge in [0.15, 0.2) is 0 Å². The Morgan fingerprint density at radius 3 is 2.47 bits per heavy atom. The van der Waals surface area contributed by atoms with E-state index in [1.807, 2.05) is 6.26 Å². The molecule has 0 heterocycles. The van der Waals surface area contributed by atoms with Crippen LogP contribution in [0.1, 0.15) is 37.3 Å². The second-order valence-electron chi connectivity index (χ2n) is 5.00. The first kappa shape index (κ1) is 16.1. The first-order valence-corrected chi connectivity index (χ1v) is 8.05. The van der Waals surface area contributed by atoms with Crippen LogP contribution in [0.25, 0.3) is 0 Å². The summed E-state index contributed by atoms with van der Waals surface area (Å²) in [5.74, 6) is 1.38. The Hall–Kier alpha value is -1.00. The first-order chi connectivity index (χ1) is 9.04. The van der Waals surface area contributed by atoms with Crippen LogP contribution in [0.4, 0.5) is 0 Å². The van der Waals surface area contributed by atoms with Crippen LogP contribution in [0.15, 0.2) is 24.3 Å². The molecule has 3 N–H and O–H groups in total. The molecular formula is C15H24N2OS. The van der Waals surface area contributed by atoms with Crippen molar-refractivity contribution < 1.29 is 4.79 Å². The first-order valence-electron chi connectivity index (χ1n) is 6.65. The maximum atomic E-state index is 11.8. The van der Waals surface area contributed by atoms with Gasteiger partial charge in [-0.25, -0.2) is 0 Å². The van der Waals surface area contributed by atoms with Gasteiger partial charge in [0.05, 0.1) is 6.04 Å². The lowest BCUT2D eigenvalue weighted by molar-refractivity contribution is -0.122. The van der Waals surface area contributed by atoms with Gasteiger partial charge in [-0.1, -0.05) is 38.1 Å². The van der Waals surface area contributed by atoms with E-state index in [9.17, 15) is 4.79 Å². The second kappa shape index (κ2) is 8.23. The van der Waals surface area contributed by atoms with E-state index in [-0.39, 0.29) is 5.91 Å². The summed E-state index contributed by atoms with van der Waals surface area (Å²) in [6, 6.07) is 7.94. The second-order valence-corrected chi connectivity index (χ2v) is 5.99. The molecule has 106 valence electrons. The Balaban J connectivity index is 2.41. The van der Waals surface area contributed by atoms with E-state index in [2.05, 4.69) is 43.4 Å². The van der Waals surface area contributed by atoms with Crippen LogP contribution in [-0.2, 0) is 11.3 Å². The molecule has 0 aliphatic rings. The molecule has 1 rings (SSSR count). The van der Waals surface area contributed by atoms with Crippen molar-refractivity contribution in [1.82, 2.24) is 5.32 Å². The van der Waals surface area contributed by atoms with Gasteiger partial charge in [0.25, 0.3) is 0 Å². The number of thioether (sulfide) groups is 1. The normalized spacial score (nSPS) is 12.5. The van der Waals surface area contributed by atoms with Gasteiger partial charge in [-0.2, -0.15) is 11.8 Å². The Kier molecular flexibility index (Phi) is 6.95. The van der Waals surface area contributed by atoms with Crippen molar-refractivity contribution in [3.63, 3.8) is 0 Å². The van der Waals surface area contributed by atoms with Crippen LogP contribution < -0.4 is 11.1 Å². The average Bonchev–Trinajstić information content (AvgIpc) is 2.42. The Morgan fingerprint density at radius 1 is 1.32 bits per heavy atom. The number of carbonyl (C=O) groups excluding carboxylic acids is 1. The van der Waals surface area contributed by atoms with E-state index in [1.54, 1.807) is 11.8 Å². The quantitative estimate of drug-likeness (QED) is 0.807. The number of hydrogen-bond acceptors (Lipinski definition) is 3. The predicted molar refractivity (Wildman–Crippen MR) is 83.4 cm³/mol. The van der Waals surface area contributed by atoms with E-state index in [4.69, 9.17) is 5.73 Å². The predicted octanol–water partition coefficient (Wildman–Crippen LogP) is 2.51. The summed E-state index contributed by atoms with van der Waals surface area (Å²) in [4.78, 5) is 11.8. The van der Waals surface area contributed by atoms with Gasteiger partial charge < -0.3 is 11.1 Å². The van der Waals surface area contributed by atoms with Crippen molar-refractivity contribution in [2.75, 3.05) is 12.0 Å².